The van der Waals surface area contributed by atoms with Gasteiger partial charge in [0, 0.05) is 18.8 Å². The Balaban J connectivity index is 1.88. The van der Waals surface area contributed by atoms with Crippen LogP contribution in [0, 0.1) is 0 Å². The van der Waals surface area contributed by atoms with Gasteiger partial charge in [0.05, 0.1) is 19.2 Å². The van der Waals surface area contributed by atoms with Gasteiger partial charge in [-0.15, -0.1) is 0 Å². The van der Waals surface area contributed by atoms with Gasteiger partial charge in [-0.25, -0.2) is 0 Å². The SMILES string of the molecule is COc1cccc(NC(=O)CN(C)C(=O)COc2ccccc2C(N)=O)c1. The van der Waals surface area contributed by atoms with Crippen LogP contribution in [0.5, 0.6) is 11.5 Å². The first-order valence-electron chi connectivity index (χ1n) is 8.10. The first kappa shape index (κ1) is 19.8. The number of hydrogen-bond acceptors (Lipinski definition) is 5. The van der Waals surface area contributed by atoms with Crippen LogP contribution in [0.2, 0.25) is 0 Å². The molecule has 0 unspecified atom stereocenters. The van der Waals surface area contributed by atoms with Crippen LogP contribution in [0.15, 0.2) is 48.5 Å². The van der Waals surface area contributed by atoms with Gasteiger partial charge in [0.25, 0.3) is 11.8 Å². The fourth-order valence-corrected chi connectivity index (χ4v) is 2.25. The summed E-state index contributed by atoms with van der Waals surface area (Å²) in [6.07, 6.45) is 0. The Morgan fingerprint density at radius 2 is 1.85 bits per heavy atom. The van der Waals surface area contributed by atoms with Gasteiger partial charge in [-0.2, -0.15) is 0 Å². The molecule has 2 rings (SSSR count). The maximum absolute atomic E-state index is 12.2. The number of carbonyl (C=O) groups is 3. The summed E-state index contributed by atoms with van der Waals surface area (Å²) in [5.74, 6) is -0.609. The number of benzene rings is 2. The van der Waals surface area contributed by atoms with Crippen molar-refractivity contribution >= 4 is 23.4 Å². The third-order valence-electron chi connectivity index (χ3n) is 3.66. The zero-order valence-corrected chi connectivity index (χ0v) is 15.1. The number of carbonyl (C=O) groups excluding carboxylic acids is 3. The summed E-state index contributed by atoms with van der Waals surface area (Å²) in [4.78, 5) is 36.8. The highest BCUT2D eigenvalue weighted by Crippen LogP contribution is 2.18. The predicted octanol–water partition coefficient (Wildman–Crippen LogP) is 1.27. The van der Waals surface area contributed by atoms with E-state index in [1.165, 1.54) is 25.1 Å². The van der Waals surface area contributed by atoms with Gasteiger partial charge in [0.15, 0.2) is 6.61 Å². The van der Waals surface area contributed by atoms with E-state index in [2.05, 4.69) is 5.32 Å². The molecule has 0 saturated heterocycles. The number of rotatable bonds is 8. The number of ether oxygens (including phenoxy) is 2. The molecular formula is C19H21N3O5. The first-order valence-corrected chi connectivity index (χ1v) is 8.10. The quantitative estimate of drug-likeness (QED) is 0.726. The van der Waals surface area contributed by atoms with Crippen LogP contribution in [0.1, 0.15) is 10.4 Å². The Hall–Kier alpha value is -3.55. The number of nitrogens with two attached hydrogens (primary N) is 1. The number of para-hydroxylation sites is 1. The van der Waals surface area contributed by atoms with Crippen molar-refractivity contribution in [3.05, 3.63) is 54.1 Å². The molecule has 2 aromatic carbocycles. The van der Waals surface area contributed by atoms with Crippen molar-refractivity contribution in [2.45, 2.75) is 0 Å². The molecule has 0 radical (unpaired) electrons. The van der Waals surface area contributed by atoms with Crippen molar-refractivity contribution < 1.29 is 23.9 Å². The Labute approximate surface area is 156 Å². The summed E-state index contributed by atoms with van der Waals surface area (Å²) in [6, 6.07) is 13.2. The number of methoxy groups -OCH3 is 1. The number of nitrogens with one attached hydrogen (secondary N) is 1. The highest BCUT2D eigenvalue weighted by atomic mass is 16.5. The van der Waals surface area contributed by atoms with Crippen molar-refractivity contribution in [1.29, 1.82) is 0 Å². The summed E-state index contributed by atoms with van der Waals surface area (Å²) >= 11 is 0. The third-order valence-corrected chi connectivity index (χ3v) is 3.66. The molecule has 0 bridgehead atoms. The minimum atomic E-state index is -0.649. The molecule has 3 amide bonds. The zero-order chi connectivity index (χ0) is 19.8. The molecule has 0 fully saturated rings. The molecule has 0 aromatic heterocycles. The lowest BCUT2D eigenvalue weighted by Gasteiger charge is -2.17. The minimum absolute atomic E-state index is 0.156. The van der Waals surface area contributed by atoms with Crippen LogP contribution < -0.4 is 20.5 Å². The van der Waals surface area contributed by atoms with Gasteiger partial charge in [0.1, 0.15) is 11.5 Å². The fraction of sp³-hybridized carbons (Fsp3) is 0.211. The fourth-order valence-electron chi connectivity index (χ4n) is 2.25. The van der Waals surface area contributed by atoms with E-state index < -0.39 is 11.8 Å². The van der Waals surface area contributed by atoms with E-state index in [0.717, 1.165) is 0 Å². The molecule has 0 aliphatic heterocycles. The van der Waals surface area contributed by atoms with E-state index in [1.807, 2.05) is 0 Å². The number of anilines is 1. The summed E-state index contributed by atoms with van der Waals surface area (Å²) in [6.45, 7) is -0.482. The average molecular weight is 371 g/mol. The molecular weight excluding hydrogens is 350 g/mol. The highest BCUT2D eigenvalue weighted by Gasteiger charge is 2.16. The van der Waals surface area contributed by atoms with Crippen molar-refractivity contribution in [1.82, 2.24) is 4.90 Å². The second-order valence-corrected chi connectivity index (χ2v) is 5.68. The Morgan fingerprint density at radius 1 is 1.11 bits per heavy atom. The smallest absolute Gasteiger partial charge is 0.260 e. The number of likely N-dealkylation sites (N-methyl/N-ethyl adjacent to an activating group) is 1. The number of primary amides is 1. The van der Waals surface area contributed by atoms with E-state index in [1.54, 1.807) is 42.5 Å². The van der Waals surface area contributed by atoms with Crippen LogP contribution in [-0.2, 0) is 9.59 Å². The second-order valence-electron chi connectivity index (χ2n) is 5.68. The molecule has 0 aliphatic carbocycles. The summed E-state index contributed by atoms with van der Waals surface area (Å²) < 4.78 is 10.5. The summed E-state index contributed by atoms with van der Waals surface area (Å²) in [5.41, 5.74) is 6.01. The zero-order valence-electron chi connectivity index (χ0n) is 15.1. The maximum Gasteiger partial charge on any atom is 0.260 e. The molecule has 27 heavy (non-hydrogen) atoms. The molecule has 142 valence electrons. The molecule has 0 aliphatic rings. The standard InChI is InChI=1S/C19H21N3O5/c1-22(11-17(23)21-13-6-5-7-14(10-13)26-2)18(24)12-27-16-9-4-3-8-15(16)19(20)25/h3-10H,11-12H2,1-2H3,(H2,20,25)(H,21,23). The van der Waals surface area contributed by atoms with Crippen molar-refractivity contribution in [3.8, 4) is 11.5 Å². The lowest BCUT2D eigenvalue weighted by atomic mass is 10.2. The normalized spacial score (nSPS) is 10.0. The van der Waals surface area contributed by atoms with Crippen LogP contribution in [-0.4, -0.2) is 49.9 Å². The van der Waals surface area contributed by atoms with Crippen LogP contribution in [0.25, 0.3) is 0 Å². The van der Waals surface area contributed by atoms with E-state index >= 15 is 0 Å². The molecule has 0 saturated carbocycles. The summed E-state index contributed by atoms with van der Waals surface area (Å²) in [7, 11) is 3.01. The third kappa shape index (κ3) is 5.74. The molecule has 8 nitrogen and oxygen atoms in total. The van der Waals surface area contributed by atoms with Crippen LogP contribution >= 0.6 is 0 Å². The lowest BCUT2D eigenvalue weighted by Crippen LogP contribution is -2.37. The predicted molar refractivity (Wildman–Crippen MR) is 99.7 cm³/mol. The molecule has 3 N–H and O–H groups in total. The van der Waals surface area contributed by atoms with Crippen LogP contribution in [0.4, 0.5) is 5.69 Å². The van der Waals surface area contributed by atoms with Gasteiger partial charge in [-0.3, -0.25) is 14.4 Å². The number of hydrogen-bond donors (Lipinski definition) is 2. The topological polar surface area (TPSA) is 111 Å². The molecule has 0 heterocycles. The average Bonchev–Trinajstić information content (AvgIpc) is 2.66. The largest absolute Gasteiger partial charge is 0.497 e. The number of amides is 3. The molecule has 0 atom stereocenters. The minimum Gasteiger partial charge on any atom is -0.497 e. The molecule has 0 spiro atoms. The maximum atomic E-state index is 12.2. The van der Waals surface area contributed by atoms with Crippen LogP contribution in [0.3, 0.4) is 0 Å². The van der Waals surface area contributed by atoms with E-state index in [0.29, 0.717) is 11.4 Å². The molecule has 2 aromatic rings. The lowest BCUT2D eigenvalue weighted by molar-refractivity contribution is -0.135. The molecule has 8 heteroatoms. The van der Waals surface area contributed by atoms with Gasteiger partial charge < -0.3 is 25.4 Å². The van der Waals surface area contributed by atoms with E-state index in [9.17, 15) is 14.4 Å². The van der Waals surface area contributed by atoms with Gasteiger partial charge in [-0.1, -0.05) is 18.2 Å². The van der Waals surface area contributed by atoms with Crippen molar-refractivity contribution in [3.63, 3.8) is 0 Å². The monoisotopic (exact) mass is 371 g/mol. The second kappa shape index (κ2) is 9.23. The number of nitrogens with zero attached hydrogens (tertiary/aromatic N) is 1. The van der Waals surface area contributed by atoms with Crippen molar-refractivity contribution in [2.75, 3.05) is 32.6 Å². The first-order chi connectivity index (χ1) is 12.9. The highest BCUT2D eigenvalue weighted by molar-refractivity contribution is 5.96. The Morgan fingerprint density at radius 3 is 2.56 bits per heavy atom. The van der Waals surface area contributed by atoms with E-state index in [4.69, 9.17) is 15.2 Å². The van der Waals surface area contributed by atoms with Gasteiger partial charge in [0.2, 0.25) is 5.91 Å². The van der Waals surface area contributed by atoms with Gasteiger partial charge in [-0.05, 0) is 24.3 Å². The van der Waals surface area contributed by atoms with Gasteiger partial charge >= 0.3 is 0 Å². The summed E-state index contributed by atoms with van der Waals surface area (Å²) in [5, 5.41) is 2.69. The Bertz CT molecular complexity index is 838. The Kier molecular flexibility index (Phi) is 6.76. The van der Waals surface area contributed by atoms with E-state index in [-0.39, 0.29) is 30.4 Å². The van der Waals surface area contributed by atoms with Crippen molar-refractivity contribution in [2.24, 2.45) is 5.73 Å².